The molecular weight excluding hydrogens is 270 g/mol. The molecule has 0 radical (unpaired) electrons. The highest BCUT2D eigenvalue weighted by atomic mass is 16.5. The van der Waals surface area contributed by atoms with Gasteiger partial charge in [0, 0.05) is 13.0 Å². The summed E-state index contributed by atoms with van der Waals surface area (Å²) in [5, 5.41) is 9.04. The highest BCUT2D eigenvalue weighted by molar-refractivity contribution is 5.78. The molecule has 1 aliphatic heterocycles. The molecule has 0 spiro atoms. The van der Waals surface area contributed by atoms with Crippen LogP contribution in [0.3, 0.4) is 0 Å². The van der Waals surface area contributed by atoms with Crippen molar-refractivity contribution in [1.82, 2.24) is 4.90 Å². The lowest BCUT2D eigenvalue weighted by atomic mass is 9.86. The van der Waals surface area contributed by atoms with Crippen LogP contribution in [0.4, 0.5) is 0 Å². The highest BCUT2D eigenvalue weighted by Crippen LogP contribution is 2.27. The third kappa shape index (κ3) is 4.99. The maximum atomic E-state index is 12.2. The molecule has 2 atom stereocenters. The molecule has 1 heterocycles. The van der Waals surface area contributed by atoms with Crippen LogP contribution in [0.25, 0.3) is 0 Å². The first-order chi connectivity index (χ1) is 10.1. The molecule has 5 heteroatoms. The van der Waals surface area contributed by atoms with Gasteiger partial charge in [-0.15, -0.1) is 0 Å². The third-order valence-corrected chi connectivity index (χ3v) is 4.62. The van der Waals surface area contributed by atoms with Crippen LogP contribution in [-0.4, -0.2) is 47.2 Å². The standard InChI is InChI=1S/C16H27NO4/c1-12-10-17(11-14(21-12)16(19)20)15(18)9-5-8-13-6-3-2-4-7-13/h12-14H,2-11H2,1H3,(H,19,20)/t12-,14?/m1/s1. The van der Waals surface area contributed by atoms with Crippen molar-refractivity contribution in [1.29, 1.82) is 0 Å². The molecule has 1 aliphatic carbocycles. The van der Waals surface area contributed by atoms with Crippen LogP contribution < -0.4 is 0 Å². The van der Waals surface area contributed by atoms with Gasteiger partial charge in [0.05, 0.1) is 12.6 Å². The zero-order valence-electron chi connectivity index (χ0n) is 12.9. The Morgan fingerprint density at radius 3 is 2.57 bits per heavy atom. The number of hydrogen-bond donors (Lipinski definition) is 1. The quantitative estimate of drug-likeness (QED) is 0.846. The molecule has 1 unspecified atom stereocenters. The topological polar surface area (TPSA) is 66.8 Å². The molecule has 1 amide bonds. The smallest absolute Gasteiger partial charge is 0.334 e. The maximum Gasteiger partial charge on any atom is 0.334 e. The lowest BCUT2D eigenvalue weighted by Gasteiger charge is -2.35. The molecule has 21 heavy (non-hydrogen) atoms. The fraction of sp³-hybridized carbons (Fsp3) is 0.875. The van der Waals surface area contributed by atoms with Crippen molar-refractivity contribution in [2.45, 2.75) is 70.5 Å². The van der Waals surface area contributed by atoms with Gasteiger partial charge in [-0.1, -0.05) is 32.1 Å². The Morgan fingerprint density at radius 1 is 1.19 bits per heavy atom. The minimum absolute atomic E-state index is 0.0761. The summed E-state index contributed by atoms with van der Waals surface area (Å²) in [7, 11) is 0. The summed E-state index contributed by atoms with van der Waals surface area (Å²) in [6, 6.07) is 0. The number of rotatable bonds is 5. The van der Waals surface area contributed by atoms with Gasteiger partial charge in [0.1, 0.15) is 0 Å². The maximum absolute atomic E-state index is 12.2. The molecule has 0 bridgehead atoms. The molecule has 5 nitrogen and oxygen atoms in total. The SMILES string of the molecule is C[C@@H]1CN(C(=O)CCCC2CCCCC2)CC(C(=O)O)O1. The van der Waals surface area contributed by atoms with Gasteiger partial charge in [-0.05, 0) is 25.7 Å². The van der Waals surface area contributed by atoms with Crippen LogP contribution in [0, 0.1) is 5.92 Å². The van der Waals surface area contributed by atoms with Crippen molar-refractivity contribution >= 4 is 11.9 Å². The van der Waals surface area contributed by atoms with E-state index in [1.807, 2.05) is 6.92 Å². The van der Waals surface area contributed by atoms with E-state index in [-0.39, 0.29) is 18.6 Å². The van der Waals surface area contributed by atoms with Crippen LogP contribution in [0.15, 0.2) is 0 Å². The number of nitrogens with zero attached hydrogens (tertiary/aromatic N) is 1. The zero-order chi connectivity index (χ0) is 15.2. The van der Waals surface area contributed by atoms with E-state index in [2.05, 4.69) is 0 Å². The Hall–Kier alpha value is -1.10. The fourth-order valence-corrected chi connectivity index (χ4v) is 3.47. The van der Waals surface area contributed by atoms with Gasteiger partial charge in [-0.2, -0.15) is 0 Å². The van der Waals surface area contributed by atoms with Crippen LogP contribution >= 0.6 is 0 Å². The summed E-state index contributed by atoms with van der Waals surface area (Å²) in [4.78, 5) is 24.9. The summed E-state index contributed by atoms with van der Waals surface area (Å²) in [6.07, 6.45) is 8.15. The fourth-order valence-electron chi connectivity index (χ4n) is 3.47. The number of carboxylic acid groups (broad SMARTS) is 1. The molecule has 0 aromatic carbocycles. The monoisotopic (exact) mass is 297 g/mol. The average molecular weight is 297 g/mol. The highest BCUT2D eigenvalue weighted by Gasteiger charge is 2.32. The van der Waals surface area contributed by atoms with Gasteiger partial charge in [0.15, 0.2) is 6.10 Å². The second-order valence-electron chi connectivity index (χ2n) is 6.47. The van der Waals surface area contributed by atoms with E-state index in [1.54, 1.807) is 4.90 Å². The van der Waals surface area contributed by atoms with E-state index in [9.17, 15) is 9.59 Å². The zero-order valence-corrected chi connectivity index (χ0v) is 12.9. The number of carbonyl (C=O) groups is 2. The van der Waals surface area contributed by atoms with Crippen molar-refractivity contribution in [3.05, 3.63) is 0 Å². The van der Waals surface area contributed by atoms with Crippen LogP contribution in [-0.2, 0) is 14.3 Å². The number of amides is 1. The average Bonchev–Trinajstić information content (AvgIpc) is 2.47. The van der Waals surface area contributed by atoms with E-state index < -0.39 is 12.1 Å². The Morgan fingerprint density at radius 2 is 1.90 bits per heavy atom. The van der Waals surface area contributed by atoms with E-state index in [1.165, 1.54) is 32.1 Å². The number of morpholine rings is 1. The molecule has 0 aromatic heterocycles. The van der Waals surface area contributed by atoms with Crippen molar-refractivity contribution in [2.24, 2.45) is 5.92 Å². The molecule has 1 N–H and O–H groups in total. The molecular formula is C16H27NO4. The molecule has 120 valence electrons. The first kappa shape index (κ1) is 16.3. The van der Waals surface area contributed by atoms with E-state index in [4.69, 9.17) is 9.84 Å². The molecule has 2 fully saturated rings. The largest absolute Gasteiger partial charge is 0.479 e. The minimum atomic E-state index is -0.985. The predicted octanol–water partition coefficient (Wildman–Crippen LogP) is 2.44. The van der Waals surface area contributed by atoms with Crippen molar-refractivity contribution in [2.75, 3.05) is 13.1 Å². The van der Waals surface area contributed by atoms with Crippen LogP contribution in [0.1, 0.15) is 58.3 Å². The van der Waals surface area contributed by atoms with Gasteiger partial charge >= 0.3 is 5.97 Å². The molecule has 1 saturated heterocycles. The first-order valence-corrected chi connectivity index (χ1v) is 8.22. The molecule has 2 rings (SSSR count). The molecule has 0 aromatic rings. The normalized spacial score (nSPS) is 27.6. The number of hydrogen-bond acceptors (Lipinski definition) is 3. The number of carboxylic acids is 1. The van der Waals surface area contributed by atoms with E-state index >= 15 is 0 Å². The second kappa shape index (κ2) is 7.78. The van der Waals surface area contributed by atoms with Gasteiger partial charge < -0.3 is 14.7 Å². The van der Waals surface area contributed by atoms with E-state index in [0.29, 0.717) is 13.0 Å². The Kier molecular flexibility index (Phi) is 6.03. The summed E-state index contributed by atoms with van der Waals surface area (Å²) in [6.45, 7) is 2.51. The number of aliphatic carboxylic acids is 1. The van der Waals surface area contributed by atoms with Gasteiger partial charge in [0.2, 0.25) is 5.91 Å². The van der Waals surface area contributed by atoms with Crippen molar-refractivity contribution < 1.29 is 19.4 Å². The van der Waals surface area contributed by atoms with Crippen LogP contribution in [0.2, 0.25) is 0 Å². The first-order valence-electron chi connectivity index (χ1n) is 8.22. The lowest BCUT2D eigenvalue weighted by Crippen LogP contribution is -2.51. The minimum Gasteiger partial charge on any atom is -0.479 e. The van der Waals surface area contributed by atoms with Crippen LogP contribution in [0.5, 0.6) is 0 Å². The third-order valence-electron chi connectivity index (χ3n) is 4.62. The van der Waals surface area contributed by atoms with Gasteiger partial charge in [-0.3, -0.25) is 4.79 Å². The molecule has 1 saturated carbocycles. The predicted molar refractivity (Wildman–Crippen MR) is 79.0 cm³/mol. The summed E-state index contributed by atoms with van der Waals surface area (Å²) in [5.74, 6) is -0.115. The Labute approximate surface area is 126 Å². The number of carbonyl (C=O) groups excluding carboxylic acids is 1. The Balaban J connectivity index is 1.72. The second-order valence-corrected chi connectivity index (χ2v) is 6.47. The summed E-state index contributed by atoms with van der Waals surface area (Å²) in [5.41, 5.74) is 0. The lowest BCUT2D eigenvalue weighted by molar-refractivity contribution is -0.166. The van der Waals surface area contributed by atoms with Gasteiger partial charge in [0.25, 0.3) is 0 Å². The summed E-state index contributed by atoms with van der Waals surface area (Å²) >= 11 is 0. The van der Waals surface area contributed by atoms with Gasteiger partial charge in [-0.25, -0.2) is 4.79 Å². The van der Waals surface area contributed by atoms with Crippen molar-refractivity contribution in [3.63, 3.8) is 0 Å². The summed E-state index contributed by atoms with van der Waals surface area (Å²) < 4.78 is 5.33. The van der Waals surface area contributed by atoms with E-state index in [0.717, 1.165) is 18.8 Å². The van der Waals surface area contributed by atoms with Crippen molar-refractivity contribution in [3.8, 4) is 0 Å². The number of ether oxygens (including phenoxy) is 1. The Bertz CT molecular complexity index is 365. The molecule has 2 aliphatic rings.